The molecule has 1 aromatic heterocycles. The van der Waals surface area contributed by atoms with Crippen LogP contribution in [0.5, 0.6) is 0 Å². The van der Waals surface area contributed by atoms with Crippen molar-refractivity contribution in [2.45, 2.75) is 0 Å². The van der Waals surface area contributed by atoms with Crippen molar-refractivity contribution in [2.24, 2.45) is 0 Å². The first-order valence-electron chi connectivity index (χ1n) is 8.64. The molecular formula is C24H13BrS. The van der Waals surface area contributed by atoms with E-state index < -0.39 is 0 Å². The summed E-state index contributed by atoms with van der Waals surface area (Å²) in [6.07, 6.45) is 0. The molecule has 0 spiro atoms. The summed E-state index contributed by atoms with van der Waals surface area (Å²) < 4.78 is 3.82. The molecule has 26 heavy (non-hydrogen) atoms. The minimum Gasteiger partial charge on any atom is -0.135 e. The molecule has 0 aliphatic heterocycles. The van der Waals surface area contributed by atoms with Gasteiger partial charge >= 0.3 is 0 Å². The average Bonchev–Trinajstić information content (AvgIpc) is 3.03. The smallest absolute Gasteiger partial charge is 0.0366 e. The zero-order valence-electron chi connectivity index (χ0n) is 13.8. The molecule has 2 heteroatoms. The third kappa shape index (κ3) is 1.94. The van der Waals surface area contributed by atoms with Crippen LogP contribution in [0.2, 0.25) is 0 Å². The Balaban J connectivity index is 1.93. The maximum absolute atomic E-state index is 3.61. The summed E-state index contributed by atoms with van der Waals surface area (Å²) in [5.41, 5.74) is 0. The molecule has 0 N–H and O–H groups in total. The van der Waals surface area contributed by atoms with Gasteiger partial charge in [0.25, 0.3) is 0 Å². The first-order valence-corrected chi connectivity index (χ1v) is 10.3. The zero-order chi connectivity index (χ0) is 17.3. The van der Waals surface area contributed by atoms with E-state index >= 15 is 0 Å². The fourth-order valence-corrected chi connectivity index (χ4v) is 5.83. The highest BCUT2D eigenvalue weighted by Crippen LogP contribution is 2.42. The maximum atomic E-state index is 3.61. The summed E-state index contributed by atoms with van der Waals surface area (Å²) in [6, 6.07) is 28.9. The fourth-order valence-electron chi connectivity index (χ4n) is 4.15. The van der Waals surface area contributed by atoms with Crippen LogP contribution in [0.25, 0.3) is 52.5 Å². The van der Waals surface area contributed by atoms with Crippen LogP contribution in [0.3, 0.4) is 0 Å². The van der Waals surface area contributed by atoms with E-state index in [0.29, 0.717) is 0 Å². The monoisotopic (exact) mass is 412 g/mol. The lowest BCUT2D eigenvalue weighted by Gasteiger charge is -2.10. The number of hydrogen-bond acceptors (Lipinski definition) is 1. The van der Waals surface area contributed by atoms with Gasteiger partial charge in [-0.15, -0.1) is 11.3 Å². The summed E-state index contributed by atoms with van der Waals surface area (Å²) in [7, 11) is 0. The maximum Gasteiger partial charge on any atom is 0.0366 e. The molecule has 0 aliphatic rings. The number of thiophene rings is 1. The molecule has 0 bridgehead atoms. The Morgan fingerprint density at radius 2 is 1.00 bits per heavy atom. The van der Waals surface area contributed by atoms with Gasteiger partial charge in [0.1, 0.15) is 0 Å². The number of hydrogen-bond donors (Lipinski definition) is 0. The molecule has 0 atom stereocenters. The lowest BCUT2D eigenvalue weighted by atomic mass is 9.93. The first-order chi connectivity index (χ1) is 12.8. The van der Waals surface area contributed by atoms with Crippen LogP contribution in [-0.2, 0) is 0 Å². The minimum atomic E-state index is 1.14. The van der Waals surface area contributed by atoms with Crippen molar-refractivity contribution >= 4 is 79.8 Å². The summed E-state index contributed by atoms with van der Waals surface area (Å²) in [6.45, 7) is 0. The highest BCUT2D eigenvalue weighted by molar-refractivity contribution is 9.10. The molecule has 1 heterocycles. The third-order valence-corrected chi connectivity index (χ3v) is 6.91. The zero-order valence-corrected chi connectivity index (χ0v) is 16.2. The van der Waals surface area contributed by atoms with Crippen molar-refractivity contribution in [3.8, 4) is 0 Å². The predicted octanol–water partition coefficient (Wildman–Crippen LogP) is 8.28. The standard InChI is InChI=1S/C24H13BrS/c25-14-9-10-19-22-12-20-17-7-3-1-5-15(17)16-6-2-4-8-18(16)21(20)13-24(22)26-23(19)11-14/h1-13H. The van der Waals surface area contributed by atoms with E-state index in [2.05, 4.69) is 94.8 Å². The highest BCUT2D eigenvalue weighted by atomic mass is 79.9. The van der Waals surface area contributed by atoms with E-state index in [-0.39, 0.29) is 0 Å². The van der Waals surface area contributed by atoms with Crippen molar-refractivity contribution in [2.75, 3.05) is 0 Å². The van der Waals surface area contributed by atoms with Crippen molar-refractivity contribution < 1.29 is 0 Å². The second-order valence-electron chi connectivity index (χ2n) is 6.73. The number of fused-ring (bicyclic) bond motifs is 9. The van der Waals surface area contributed by atoms with Crippen LogP contribution >= 0.6 is 27.3 Å². The van der Waals surface area contributed by atoms with Crippen molar-refractivity contribution in [3.05, 3.63) is 83.3 Å². The molecule has 0 aliphatic carbocycles. The Bertz CT molecular complexity index is 1490. The number of benzene rings is 5. The molecule has 0 fully saturated rings. The third-order valence-electron chi connectivity index (χ3n) is 5.30. The van der Waals surface area contributed by atoms with Crippen LogP contribution < -0.4 is 0 Å². The second-order valence-corrected chi connectivity index (χ2v) is 8.73. The molecule has 0 saturated heterocycles. The van der Waals surface area contributed by atoms with Gasteiger partial charge in [-0.05, 0) is 56.6 Å². The highest BCUT2D eigenvalue weighted by Gasteiger charge is 2.12. The topological polar surface area (TPSA) is 0 Å². The van der Waals surface area contributed by atoms with Crippen molar-refractivity contribution in [3.63, 3.8) is 0 Å². The quantitative estimate of drug-likeness (QED) is 0.220. The summed E-state index contributed by atoms with van der Waals surface area (Å²) in [5, 5.41) is 10.7. The van der Waals surface area contributed by atoms with E-state index in [0.717, 1.165) is 4.47 Å². The molecule has 0 amide bonds. The van der Waals surface area contributed by atoms with Gasteiger partial charge in [0.2, 0.25) is 0 Å². The number of rotatable bonds is 0. The van der Waals surface area contributed by atoms with Gasteiger partial charge in [-0.3, -0.25) is 0 Å². The molecule has 0 saturated carbocycles. The Labute approximate surface area is 162 Å². The van der Waals surface area contributed by atoms with Gasteiger partial charge in [-0.25, -0.2) is 0 Å². The Hall–Kier alpha value is -2.42. The number of halogens is 1. The second kappa shape index (κ2) is 5.29. The van der Waals surface area contributed by atoms with Crippen molar-refractivity contribution in [1.29, 1.82) is 0 Å². The Morgan fingerprint density at radius 1 is 0.462 bits per heavy atom. The Kier molecular flexibility index (Phi) is 3.00. The van der Waals surface area contributed by atoms with Crippen LogP contribution in [0, 0.1) is 0 Å². The van der Waals surface area contributed by atoms with Gasteiger partial charge < -0.3 is 0 Å². The lowest BCUT2D eigenvalue weighted by Crippen LogP contribution is -1.82. The molecule has 6 rings (SSSR count). The van der Waals surface area contributed by atoms with Gasteiger partial charge in [0.05, 0.1) is 0 Å². The SMILES string of the molecule is Brc1ccc2c(c1)sc1cc3c4ccccc4c4ccccc4c3cc12. The summed E-state index contributed by atoms with van der Waals surface area (Å²) in [4.78, 5) is 0. The van der Waals surface area contributed by atoms with Crippen molar-refractivity contribution in [1.82, 2.24) is 0 Å². The molecule has 5 aromatic carbocycles. The summed E-state index contributed by atoms with van der Waals surface area (Å²) >= 11 is 5.48. The van der Waals surface area contributed by atoms with Gasteiger partial charge in [-0.1, -0.05) is 70.5 Å². The van der Waals surface area contributed by atoms with E-state index in [9.17, 15) is 0 Å². The lowest BCUT2D eigenvalue weighted by molar-refractivity contribution is 1.77. The first kappa shape index (κ1) is 14.7. The van der Waals surface area contributed by atoms with Crippen LogP contribution in [-0.4, -0.2) is 0 Å². The van der Waals surface area contributed by atoms with E-state index in [4.69, 9.17) is 0 Å². The molecule has 0 radical (unpaired) electrons. The van der Waals surface area contributed by atoms with Gasteiger partial charge in [0.15, 0.2) is 0 Å². The molecule has 0 nitrogen and oxygen atoms in total. The van der Waals surface area contributed by atoms with Gasteiger partial charge in [-0.2, -0.15) is 0 Å². The molecule has 122 valence electrons. The molecule has 6 aromatic rings. The minimum absolute atomic E-state index is 1.14. The fraction of sp³-hybridized carbons (Fsp3) is 0. The Morgan fingerprint density at radius 3 is 1.65 bits per heavy atom. The van der Waals surface area contributed by atoms with Crippen LogP contribution in [0.4, 0.5) is 0 Å². The van der Waals surface area contributed by atoms with Gasteiger partial charge in [0, 0.05) is 24.6 Å². The van der Waals surface area contributed by atoms with E-state index in [1.54, 1.807) is 0 Å². The van der Waals surface area contributed by atoms with Crippen LogP contribution in [0.15, 0.2) is 83.3 Å². The van der Waals surface area contributed by atoms with Crippen LogP contribution in [0.1, 0.15) is 0 Å². The largest absolute Gasteiger partial charge is 0.135 e. The van der Waals surface area contributed by atoms with E-state index in [1.165, 1.54) is 52.5 Å². The predicted molar refractivity (Wildman–Crippen MR) is 120 cm³/mol. The molecular weight excluding hydrogens is 400 g/mol. The molecule has 0 unspecified atom stereocenters. The van der Waals surface area contributed by atoms with E-state index in [1.807, 2.05) is 11.3 Å². The summed E-state index contributed by atoms with van der Waals surface area (Å²) in [5.74, 6) is 0. The normalized spacial score (nSPS) is 12.0. The average molecular weight is 413 g/mol.